The molecule has 0 unspecified atom stereocenters. The molecule has 1 fully saturated rings. The number of ether oxygens (including phenoxy) is 1. The van der Waals surface area contributed by atoms with E-state index in [4.69, 9.17) is 10.5 Å². The van der Waals surface area contributed by atoms with Crippen LogP contribution in [0.4, 0.5) is 0 Å². The number of aromatic nitrogens is 1. The summed E-state index contributed by atoms with van der Waals surface area (Å²) in [5.74, 6) is -1.68. The van der Waals surface area contributed by atoms with Gasteiger partial charge in [-0.25, -0.2) is 8.42 Å². The van der Waals surface area contributed by atoms with Gasteiger partial charge in [0.15, 0.2) is 6.04 Å². The van der Waals surface area contributed by atoms with E-state index in [-0.39, 0.29) is 10.6 Å². The van der Waals surface area contributed by atoms with Gasteiger partial charge in [-0.1, -0.05) is 18.2 Å². The number of benzene rings is 1. The smallest absolute Gasteiger partial charge is 0.250 e. The number of methoxy groups -OCH3 is 1. The second-order valence-electron chi connectivity index (χ2n) is 7.16. The van der Waals surface area contributed by atoms with E-state index in [2.05, 4.69) is 9.71 Å². The Hall–Kier alpha value is -3.02. The molecule has 0 bridgehead atoms. The Kier molecular flexibility index (Phi) is 6.88. The monoisotopic (exact) mass is 447 g/mol. The van der Waals surface area contributed by atoms with E-state index >= 15 is 0 Å². The van der Waals surface area contributed by atoms with Crippen LogP contribution in [-0.2, 0) is 19.6 Å². The van der Waals surface area contributed by atoms with E-state index in [1.54, 1.807) is 36.7 Å². The van der Waals surface area contributed by atoms with Crippen molar-refractivity contribution in [2.45, 2.75) is 10.9 Å². The number of pyridine rings is 1. The fraction of sp³-hybridized carbons (Fsp3) is 0.350. The van der Waals surface area contributed by atoms with Crippen LogP contribution in [0, 0.1) is 0 Å². The molecule has 1 aromatic heterocycles. The van der Waals surface area contributed by atoms with Crippen LogP contribution < -0.4 is 15.2 Å². The number of nitrogens with one attached hydrogen (secondary N) is 1. The lowest BCUT2D eigenvalue weighted by Gasteiger charge is -2.34. The van der Waals surface area contributed by atoms with Crippen molar-refractivity contribution in [1.29, 1.82) is 0 Å². The molecule has 0 saturated carbocycles. The van der Waals surface area contributed by atoms with Crippen LogP contribution in [0.2, 0.25) is 0 Å². The number of para-hydroxylation sites is 1. The molecule has 2 heterocycles. The Morgan fingerprint density at radius 3 is 2.45 bits per heavy atom. The first-order valence-electron chi connectivity index (χ1n) is 9.61. The predicted octanol–water partition coefficient (Wildman–Crippen LogP) is -0.337. The molecule has 31 heavy (non-hydrogen) atoms. The van der Waals surface area contributed by atoms with E-state index in [1.807, 2.05) is 11.9 Å². The van der Waals surface area contributed by atoms with Crippen molar-refractivity contribution >= 4 is 21.8 Å². The SMILES string of the molecule is COc1c(-c2cccnc2)cccc1S(=O)(=O)N[C@@H](C(N)=O)C(=O)N1CCN(C)CC1. The summed E-state index contributed by atoms with van der Waals surface area (Å²) in [5, 5.41) is 0. The second kappa shape index (κ2) is 9.41. The van der Waals surface area contributed by atoms with Gasteiger partial charge in [-0.3, -0.25) is 14.6 Å². The molecule has 11 heteroatoms. The number of carbonyl (C=O) groups excluding carboxylic acids is 2. The Labute approximate surface area is 181 Å². The van der Waals surface area contributed by atoms with Crippen molar-refractivity contribution in [3.63, 3.8) is 0 Å². The highest BCUT2D eigenvalue weighted by atomic mass is 32.2. The Morgan fingerprint density at radius 1 is 1.16 bits per heavy atom. The number of hydrogen-bond donors (Lipinski definition) is 2. The Morgan fingerprint density at radius 2 is 1.87 bits per heavy atom. The van der Waals surface area contributed by atoms with E-state index in [9.17, 15) is 18.0 Å². The zero-order valence-corrected chi connectivity index (χ0v) is 18.1. The van der Waals surface area contributed by atoms with Crippen molar-refractivity contribution in [2.75, 3.05) is 40.3 Å². The van der Waals surface area contributed by atoms with Gasteiger partial charge < -0.3 is 20.3 Å². The first kappa shape index (κ1) is 22.7. The number of likely N-dealkylation sites (N-methyl/N-ethyl adjacent to an activating group) is 1. The average Bonchev–Trinajstić information content (AvgIpc) is 2.77. The van der Waals surface area contributed by atoms with Crippen molar-refractivity contribution in [3.8, 4) is 16.9 Å². The molecule has 10 nitrogen and oxygen atoms in total. The van der Waals surface area contributed by atoms with Crippen molar-refractivity contribution in [3.05, 3.63) is 42.7 Å². The summed E-state index contributed by atoms with van der Waals surface area (Å²) in [6.07, 6.45) is 3.17. The van der Waals surface area contributed by atoms with Crippen LogP contribution in [0.15, 0.2) is 47.6 Å². The molecule has 1 aliphatic rings. The van der Waals surface area contributed by atoms with E-state index in [1.165, 1.54) is 18.1 Å². The maximum Gasteiger partial charge on any atom is 0.250 e. The molecule has 1 saturated heterocycles. The fourth-order valence-electron chi connectivity index (χ4n) is 3.35. The zero-order valence-electron chi connectivity index (χ0n) is 17.3. The van der Waals surface area contributed by atoms with Crippen LogP contribution in [0.3, 0.4) is 0 Å². The number of amides is 2. The topological polar surface area (TPSA) is 135 Å². The highest BCUT2D eigenvalue weighted by Gasteiger charge is 2.35. The molecule has 1 atom stereocenters. The summed E-state index contributed by atoms with van der Waals surface area (Å²) in [5.41, 5.74) is 6.53. The van der Waals surface area contributed by atoms with Gasteiger partial charge in [0.2, 0.25) is 15.9 Å². The number of sulfonamides is 1. The third-order valence-electron chi connectivity index (χ3n) is 5.06. The van der Waals surface area contributed by atoms with Crippen LogP contribution in [0.5, 0.6) is 5.75 Å². The highest BCUT2D eigenvalue weighted by Crippen LogP contribution is 2.35. The largest absolute Gasteiger partial charge is 0.495 e. The van der Waals surface area contributed by atoms with Gasteiger partial charge in [0.1, 0.15) is 10.6 Å². The summed E-state index contributed by atoms with van der Waals surface area (Å²) < 4.78 is 33.9. The van der Waals surface area contributed by atoms with Gasteiger partial charge >= 0.3 is 0 Å². The lowest BCUT2D eigenvalue weighted by molar-refractivity contribution is -0.138. The van der Waals surface area contributed by atoms with Crippen molar-refractivity contribution in [2.24, 2.45) is 5.73 Å². The number of piperazine rings is 1. The first-order chi connectivity index (χ1) is 14.7. The molecule has 2 aromatic rings. The highest BCUT2D eigenvalue weighted by molar-refractivity contribution is 7.89. The minimum Gasteiger partial charge on any atom is -0.495 e. The van der Waals surface area contributed by atoms with Gasteiger partial charge in [-0.2, -0.15) is 4.72 Å². The maximum absolute atomic E-state index is 13.2. The van der Waals surface area contributed by atoms with Crippen LogP contribution >= 0.6 is 0 Å². The summed E-state index contributed by atoms with van der Waals surface area (Å²) in [7, 11) is -1.07. The molecule has 2 amide bonds. The average molecular weight is 448 g/mol. The predicted molar refractivity (Wildman–Crippen MR) is 114 cm³/mol. The third-order valence-corrected chi connectivity index (χ3v) is 6.51. The van der Waals surface area contributed by atoms with Gasteiger partial charge in [0.25, 0.3) is 5.91 Å². The van der Waals surface area contributed by atoms with E-state index in [0.29, 0.717) is 37.3 Å². The van der Waals surface area contributed by atoms with E-state index in [0.717, 1.165) is 0 Å². The molecule has 3 rings (SSSR count). The van der Waals surface area contributed by atoms with Gasteiger partial charge in [-0.05, 0) is 19.2 Å². The van der Waals surface area contributed by atoms with Crippen molar-refractivity contribution < 1.29 is 22.7 Å². The van der Waals surface area contributed by atoms with E-state index < -0.39 is 27.9 Å². The second-order valence-corrected chi connectivity index (χ2v) is 8.85. The van der Waals surface area contributed by atoms with Crippen LogP contribution in [-0.4, -0.2) is 81.4 Å². The minimum atomic E-state index is -4.33. The summed E-state index contributed by atoms with van der Waals surface area (Å²) in [4.78, 5) is 32.1. The van der Waals surface area contributed by atoms with Gasteiger partial charge in [0.05, 0.1) is 7.11 Å². The molecular formula is C20H25N5O5S. The number of carbonyl (C=O) groups is 2. The van der Waals surface area contributed by atoms with Crippen LogP contribution in [0.25, 0.3) is 11.1 Å². The Balaban J connectivity index is 1.93. The fourth-order valence-corrected chi connectivity index (χ4v) is 4.69. The number of rotatable bonds is 7. The lowest BCUT2D eigenvalue weighted by Crippen LogP contribution is -2.58. The van der Waals surface area contributed by atoms with Gasteiger partial charge in [-0.15, -0.1) is 0 Å². The normalized spacial score (nSPS) is 16.0. The molecule has 0 aliphatic carbocycles. The standard InChI is InChI=1S/C20H25N5O5S/c1-24-9-11-25(12-10-24)20(27)17(19(21)26)23-31(28,29)16-7-3-6-15(18(16)30-2)14-5-4-8-22-13-14/h3-8,13,17,23H,9-12H2,1-2H3,(H2,21,26)/t17-/m0/s1. The molecule has 0 radical (unpaired) electrons. The van der Waals surface area contributed by atoms with Gasteiger partial charge in [0, 0.05) is 49.7 Å². The molecule has 166 valence electrons. The molecular weight excluding hydrogens is 422 g/mol. The Bertz CT molecular complexity index is 1050. The molecule has 0 spiro atoms. The van der Waals surface area contributed by atoms with Crippen LogP contribution in [0.1, 0.15) is 0 Å². The molecule has 1 aliphatic heterocycles. The number of hydrogen-bond acceptors (Lipinski definition) is 7. The quantitative estimate of drug-likeness (QED) is 0.555. The summed E-state index contributed by atoms with van der Waals surface area (Å²) >= 11 is 0. The maximum atomic E-state index is 13.2. The number of nitrogens with zero attached hydrogens (tertiary/aromatic N) is 3. The summed E-state index contributed by atoms with van der Waals surface area (Å²) in [6, 6.07) is 6.32. The lowest BCUT2D eigenvalue weighted by atomic mass is 10.1. The zero-order chi connectivity index (χ0) is 22.6. The third kappa shape index (κ3) is 5.01. The molecule has 1 aromatic carbocycles. The minimum absolute atomic E-state index is 0.0678. The number of primary amides is 1. The number of nitrogens with two attached hydrogens (primary N) is 1. The summed E-state index contributed by atoms with van der Waals surface area (Å²) in [6.45, 7) is 1.98. The van der Waals surface area contributed by atoms with Crippen molar-refractivity contribution in [1.82, 2.24) is 19.5 Å². The first-order valence-corrected chi connectivity index (χ1v) is 11.1. The molecule has 3 N–H and O–H groups in total.